The van der Waals surface area contributed by atoms with Crippen molar-refractivity contribution >= 4 is 11.9 Å². The zero-order valence-corrected chi connectivity index (χ0v) is 9.94. The van der Waals surface area contributed by atoms with Gasteiger partial charge in [0.25, 0.3) is 0 Å². The van der Waals surface area contributed by atoms with Gasteiger partial charge >= 0.3 is 11.9 Å². The lowest BCUT2D eigenvalue weighted by Crippen LogP contribution is -2.10. The highest BCUT2D eigenvalue weighted by atomic mass is 16.5. The van der Waals surface area contributed by atoms with Crippen LogP contribution < -0.4 is 4.74 Å². The number of rotatable bonds is 4. The lowest BCUT2D eigenvalue weighted by atomic mass is 10.0. The summed E-state index contributed by atoms with van der Waals surface area (Å²) in [6.07, 6.45) is 0.619. The maximum atomic E-state index is 11.5. The molecule has 0 spiro atoms. The van der Waals surface area contributed by atoms with Gasteiger partial charge in [-0.2, -0.15) is 0 Å². The summed E-state index contributed by atoms with van der Waals surface area (Å²) < 4.78 is 9.58. The molecule has 1 aromatic carbocycles. The van der Waals surface area contributed by atoms with Crippen LogP contribution in [0.1, 0.15) is 33.2 Å². The summed E-state index contributed by atoms with van der Waals surface area (Å²) in [5.74, 6) is -1.72. The molecule has 0 saturated heterocycles. The smallest absolute Gasteiger partial charge is 0.341 e. The van der Waals surface area contributed by atoms with Gasteiger partial charge in [-0.05, 0) is 24.1 Å². The molecular weight excluding hydrogens is 224 g/mol. The Hall–Kier alpha value is -2.04. The van der Waals surface area contributed by atoms with E-state index in [0.717, 1.165) is 5.56 Å². The molecule has 0 aromatic heterocycles. The minimum absolute atomic E-state index is 0.0292. The van der Waals surface area contributed by atoms with Crippen LogP contribution in [0.3, 0.4) is 0 Å². The summed E-state index contributed by atoms with van der Waals surface area (Å²) in [6, 6.07) is 3.07. The fourth-order valence-corrected chi connectivity index (χ4v) is 1.53. The van der Waals surface area contributed by atoms with E-state index in [1.165, 1.54) is 20.3 Å². The van der Waals surface area contributed by atoms with E-state index in [4.69, 9.17) is 9.84 Å². The van der Waals surface area contributed by atoms with Gasteiger partial charge < -0.3 is 14.6 Å². The molecule has 0 unspecified atom stereocenters. The van der Waals surface area contributed by atoms with Gasteiger partial charge in [0, 0.05) is 0 Å². The first-order valence-corrected chi connectivity index (χ1v) is 5.07. The molecule has 1 N–H and O–H groups in total. The second-order valence-corrected chi connectivity index (χ2v) is 3.37. The number of carboxylic acids is 1. The third-order valence-electron chi connectivity index (χ3n) is 2.40. The van der Waals surface area contributed by atoms with Crippen LogP contribution >= 0.6 is 0 Å². The molecule has 0 atom stereocenters. The average molecular weight is 238 g/mol. The van der Waals surface area contributed by atoms with Gasteiger partial charge in [-0.25, -0.2) is 9.59 Å². The molecule has 1 rings (SSSR count). The second-order valence-electron chi connectivity index (χ2n) is 3.37. The van der Waals surface area contributed by atoms with Gasteiger partial charge in [0.05, 0.1) is 14.2 Å². The number of carboxylic acid groups (broad SMARTS) is 1. The van der Waals surface area contributed by atoms with E-state index in [9.17, 15) is 9.59 Å². The van der Waals surface area contributed by atoms with Crippen LogP contribution in [0.25, 0.3) is 0 Å². The van der Waals surface area contributed by atoms with Gasteiger partial charge in [-0.3, -0.25) is 0 Å². The highest BCUT2D eigenvalue weighted by Gasteiger charge is 2.21. The summed E-state index contributed by atoms with van der Waals surface area (Å²) in [5.41, 5.74) is 0.836. The largest absolute Gasteiger partial charge is 0.495 e. The third-order valence-corrected chi connectivity index (χ3v) is 2.40. The van der Waals surface area contributed by atoms with Crippen LogP contribution in [-0.4, -0.2) is 31.3 Å². The maximum absolute atomic E-state index is 11.5. The van der Waals surface area contributed by atoms with Crippen LogP contribution in [0.15, 0.2) is 12.1 Å². The Labute approximate surface area is 99.0 Å². The number of methoxy groups -OCH3 is 2. The number of carbonyl (C=O) groups excluding carboxylic acids is 1. The lowest BCUT2D eigenvalue weighted by Gasteiger charge is -2.11. The maximum Gasteiger partial charge on any atom is 0.341 e. The number of hydrogen-bond acceptors (Lipinski definition) is 4. The Kier molecular flexibility index (Phi) is 4.09. The third kappa shape index (κ3) is 2.55. The molecule has 0 aliphatic rings. The molecule has 0 fully saturated rings. The van der Waals surface area contributed by atoms with Crippen LogP contribution in [-0.2, 0) is 11.2 Å². The molecule has 0 bridgehead atoms. The van der Waals surface area contributed by atoms with Gasteiger partial charge in [0.15, 0.2) is 0 Å². The molecule has 0 aliphatic heterocycles. The number of ether oxygens (including phenoxy) is 2. The predicted molar refractivity (Wildman–Crippen MR) is 60.7 cm³/mol. The van der Waals surface area contributed by atoms with Gasteiger partial charge in [0.2, 0.25) is 0 Å². The van der Waals surface area contributed by atoms with E-state index in [-0.39, 0.29) is 16.9 Å². The van der Waals surface area contributed by atoms with Crippen LogP contribution in [0.5, 0.6) is 5.75 Å². The molecule has 0 amide bonds. The first-order chi connectivity index (χ1) is 8.04. The van der Waals surface area contributed by atoms with Crippen molar-refractivity contribution in [2.75, 3.05) is 14.2 Å². The molecule has 92 valence electrons. The molecule has 5 heteroatoms. The van der Waals surface area contributed by atoms with Crippen molar-refractivity contribution in [3.05, 3.63) is 28.8 Å². The number of hydrogen-bond donors (Lipinski definition) is 1. The zero-order valence-electron chi connectivity index (χ0n) is 9.94. The number of esters is 1. The summed E-state index contributed by atoms with van der Waals surface area (Å²) in [6.45, 7) is 1.87. The quantitative estimate of drug-likeness (QED) is 0.809. The van der Waals surface area contributed by atoms with Crippen molar-refractivity contribution in [1.29, 1.82) is 0 Å². The number of aryl methyl sites for hydroxylation is 1. The minimum Gasteiger partial charge on any atom is -0.495 e. The van der Waals surface area contributed by atoms with Gasteiger partial charge in [-0.1, -0.05) is 6.92 Å². The van der Waals surface area contributed by atoms with Crippen molar-refractivity contribution in [1.82, 2.24) is 0 Å². The summed E-state index contributed by atoms with van der Waals surface area (Å²) in [7, 11) is 2.56. The van der Waals surface area contributed by atoms with Crippen LogP contribution in [0.4, 0.5) is 0 Å². The van der Waals surface area contributed by atoms with Gasteiger partial charge in [0.1, 0.15) is 16.9 Å². The molecule has 0 radical (unpaired) electrons. The van der Waals surface area contributed by atoms with Gasteiger partial charge in [-0.15, -0.1) is 0 Å². The van der Waals surface area contributed by atoms with Crippen molar-refractivity contribution in [3.8, 4) is 5.75 Å². The van der Waals surface area contributed by atoms with E-state index in [2.05, 4.69) is 4.74 Å². The number of carbonyl (C=O) groups is 2. The molecule has 0 aliphatic carbocycles. The molecule has 1 aromatic rings. The molecular formula is C12H14O5. The van der Waals surface area contributed by atoms with Crippen molar-refractivity contribution in [3.63, 3.8) is 0 Å². The summed E-state index contributed by atoms with van der Waals surface area (Å²) >= 11 is 0. The first kappa shape index (κ1) is 13.0. The monoisotopic (exact) mass is 238 g/mol. The highest BCUT2D eigenvalue weighted by molar-refractivity contribution is 5.99. The minimum atomic E-state index is -1.14. The Bertz CT molecular complexity index is 450. The Morgan fingerprint density at radius 3 is 2.24 bits per heavy atom. The Morgan fingerprint density at radius 1 is 1.24 bits per heavy atom. The second kappa shape index (κ2) is 5.34. The van der Waals surface area contributed by atoms with E-state index in [1.807, 2.05) is 6.92 Å². The normalized spacial score (nSPS) is 9.82. The topological polar surface area (TPSA) is 72.8 Å². The fourth-order valence-electron chi connectivity index (χ4n) is 1.53. The average Bonchev–Trinajstić information content (AvgIpc) is 2.35. The lowest BCUT2D eigenvalue weighted by molar-refractivity contribution is 0.0597. The van der Waals surface area contributed by atoms with Crippen molar-refractivity contribution < 1.29 is 24.2 Å². The standard InChI is InChI=1S/C12H14O5/c1-4-7-5-8(11(13)14)10(16-2)9(6-7)12(15)17-3/h5-6H,4H2,1-3H3,(H,13,14). The zero-order chi connectivity index (χ0) is 13.0. The molecule has 0 heterocycles. The SMILES string of the molecule is CCc1cc(C(=O)O)c(OC)c(C(=O)OC)c1. The molecule has 5 nitrogen and oxygen atoms in total. The molecule has 17 heavy (non-hydrogen) atoms. The van der Waals surface area contributed by atoms with Crippen LogP contribution in [0.2, 0.25) is 0 Å². The fraction of sp³-hybridized carbons (Fsp3) is 0.333. The predicted octanol–water partition coefficient (Wildman–Crippen LogP) is 1.74. The Morgan fingerprint density at radius 2 is 1.82 bits per heavy atom. The van der Waals surface area contributed by atoms with E-state index in [1.54, 1.807) is 6.07 Å². The van der Waals surface area contributed by atoms with E-state index in [0.29, 0.717) is 6.42 Å². The molecule has 0 saturated carbocycles. The summed E-state index contributed by atoms with van der Waals surface area (Å²) in [5, 5.41) is 9.06. The van der Waals surface area contributed by atoms with E-state index < -0.39 is 11.9 Å². The van der Waals surface area contributed by atoms with Crippen molar-refractivity contribution in [2.45, 2.75) is 13.3 Å². The Balaban J connectivity index is 3.50. The van der Waals surface area contributed by atoms with Crippen molar-refractivity contribution in [2.24, 2.45) is 0 Å². The van der Waals surface area contributed by atoms with Crippen LogP contribution in [0, 0.1) is 0 Å². The van der Waals surface area contributed by atoms with E-state index >= 15 is 0 Å². The first-order valence-electron chi connectivity index (χ1n) is 5.07. The summed E-state index contributed by atoms with van der Waals surface area (Å²) in [4.78, 5) is 22.6. The number of benzene rings is 1. The number of aromatic carboxylic acids is 1. The highest BCUT2D eigenvalue weighted by Crippen LogP contribution is 2.27.